The van der Waals surface area contributed by atoms with Gasteiger partial charge in [-0.3, -0.25) is 4.79 Å². The minimum absolute atomic E-state index is 0.0179. The zero-order valence-electron chi connectivity index (χ0n) is 9.89. The van der Waals surface area contributed by atoms with E-state index in [2.05, 4.69) is 10.5 Å². The first-order chi connectivity index (χ1) is 8.19. The Morgan fingerprint density at radius 1 is 1.65 bits per heavy atom. The molecule has 5 nitrogen and oxygen atoms in total. The first-order valence-corrected chi connectivity index (χ1v) is 7.83. The molecule has 1 heterocycles. The van der Waals surface area contributed by atoms with Crippen molar-refractivity contribution in [2.45, 2.75) is 18.6 Å². The molecule has 1 saturated heterocycles. The number of carbonyl (C=O) groups is 1. The van der Waals surface area contributed by atoms with E-state index in [1.807, 2.05) is 30.4 Å². The molecule has 1 rings (SSSR count). The Hall–Kier alpha value is -0.560. The Morgan fingerprint density at radius 3 is 2.94 bits per heavy atom. The number of hydrogen-bond donors (Lipinski definition) is 3. The summed E-state index contributed by atoms with van der Waals surface area (Å²) in [5.41, 5.74) is 5.47. The number of nitrogens with one attached hydrogen (secondary N) is 1. The second-order valence-corrected chi connectivity index (χ2v) is 6.36. The summed E-state index contributed by atoms with van der Waals surface area (Å²) in [5.74, 6) is 2.71. The Morgan fingerprint density at radius 2 is 2.41 bits per heavy atom. The molecule has 1 aliphatic heterocycles. The van der Waals surface area contributed by atoms with Crippen LogP contribution in [0.5, 0.6) is 0 Å². The van der Waals surface area contributed by atoms with E-state index in [4.69, 9.17) is 10.9 Å². The molecule has 1 fully saturated rings. The van der Waals surface area contributed by atoms with Crippen molar-refractivity contribution in [3.8, 4) is 0 Å². The number of rotatable bonds is 5. The second-order valence-electron chi connectivity index (χ2n) is 3.80. The fourth-order valence-corrected chi connectivity index (χ4v) is 4.20. The quantitative estimate of drug-likeness (QED) is 0.298. The van der Waals surface area contributed by atoms with E-state index >= 15 is 0 Å². The van der Waals surface area contributed by atoms with Crippen LogP contribution in [-0.4, -0.2) is 46.0 Å². The third-order valence-corrected chi connectivity index (χ3v) is 5.43. The van der Waals surface area contributed by atoms with Gasteiger partial charge in [-0.05, 0) is 6.42 Å². The van der Waals surface area contributed by atoms with E-state index in [0.717, 1.165) is 11.5 Å². The highest BCUT2D eigenvalue weighted by Crippen LogP contribution is 2.23. The first kappa shape index (κ1) is 14.5. The van der Waals surface area contributed by atoms with E-state index in [9.17, 15) is 4.79 Å². The molecular formula is C10H19N3O2S2. The smallest absolute Gasteiger partial charge is 0.230 e. The van der Waals surface area contributed by atoms with Gasteiger partial charge in [0, 0.05) is 29.1 Å². The molecule has 0 bridgehead atoms. The monoisotopic (exact) mass is 277 g/mol. The summed E-state index contributed by atoms with van der Waals surface area (Å²) < 4.78 is 0. The van der Waals surface area contributed by atoms with Gasteiger partial charge >= 0.3 is 0 Å². The van der Waals surface area contributed by atoms with Crippen LogP contribution in [0, 0.1) is 5.92 Å². The Labute approximate surface area is 110 Å². The summed E-state index contributed by atoms with van der Waals surface area (Å²) >= 11 is 3.81. The van der Waals surface area contributed by atoms with E-state index in [1.165, 1.54) is 5.75 Å². The molecule has 2 atom stereocenters. The van der Waals surface area contributed by atoms with E-state index in [1.54, 1.807) is 0 Å². The molecule has 0 aliphatic carbocycles. The van der Waals surface area contributed by atoms with Gasteiger partial charge in [0.1, 0.15) is 0 Å². The Kier molecular flexibility index (Phi) is 6.57. The molecule has 17 heavy (non-hydrogen) atoms. The summed E-state index contributed by atoms with van der Waals surface area (Å²) in [6.07, 6.45) is 0.536. The van der Waals surface area contributed by atoms with Gasteiger partial charge in [-0.2, -0.15) is 23.5 Å². The maximum Gasteiger partial charge on any atom is 0.230 e. The first-order valence-electron chi connectivity index (χ1n) is 5.63. The molecule has 0 radical (unpaired) electrons. The van der Waals surface area contributed by atoms with Crippen molar-refractivity contribution in [3.05, 3.63) is 0 Å². The number of nitrogens with zero attached hydrogens (tertiary/aromatic N) is 1. The molecule has 0 aromatic carbocycles. The lowest BCUT2D eigenvalue weighted by Crippen LogP contribution is -2.41. The molecule has 1 amide bonds. The van der Waals surface area contributed by atoms with E-state index in [0.29, 0.717) is 18.2 Å². The van der Waals surface area contributed by atoms with Gasteiger partial charge in [-0.1, -0.05) is 12.1 Å². The van der Waals surface area contributed by atoms with Gasteiger partial charge in [-0.25, -0.2) is 0 Å². The van der Waals surface area contributed by atoms with Crippen LogP contribution in [0.3, 0.4) is 0 Å². The number of carbonyl (C=O) groups excluding carboxylic acids is 1. The highest BCUT2D eigenvalue weighted by molar-refractivity contribution is 8.06. The number of thioether (sulfide) groups is 2. The number of hydrogen-bond acceptors (Lipinski definition) is 5. The third kappa shape index (κ3) is 4.67. The number of nitrogens with two attached hydrogens (primary N) is 1. The summed E-state index contributed by atoms with van der Waals surface area (Å²) in [4.78, 5) is 11.8. The Bertz CT molecular complexity index is 281. The van der Waals surface area contributed by atoms with Crippen molar-refractivity contribution in [1.82, 2.24) is 5.32 Å². The van der Waals surface area contributed by atoms with Crippen LogP contribution in [0.1, 0.15) is 13.3 Å². The molecule has 0 aromatic heterocycles. The SMILES string of the molecule is CCC(C(=O)NCC1CSCCS1)C(N)=NO. The lowest BCUT2D eigenvalue weighted by Gasteiger charge is -2.22. The summed E-state index contributed by atoms with van der Waals surface area (Å²) in [7, 11) is 0. The van der Waals surface area contributed by atoms with Crippen LogP contribution < -0.4 is 11.1 Å². The van der Waals surface area contributed by atoms with Crippen molar-refractivity contribution in [3.63, 3.8) is 0 Å². The molecule has 4 N–H and O–H groups in total. The molecule has 0 saturated carbocycles. The molecule has 2 unspecified atom stereocenters. The fraction of sp³-hybridized carbons (Fsp3) is 0.800. The predicted octanol–water partition coefficient (Wildman–Crippen LogP) is 0.724. The van der Waals surface area contributed by atoms with Crippen molar-refractivity contribution in [2.24, 2.45) is 16.8 Å². The number of oxime groups is 1. The topological polar surface area (TPSA) is 87.7 Å². The number of amides is 1. The standard InChI is InChI=1S/C10H19N3O2S2/c1-2-8(9(11)13-15)10(14)12-5-7-6-16-3-4-17-7/h7-8,15H,2-6H2,1H3,(H2,11,13)(H,12,14). The van der Waals surface area contributed by atoms with Crippen molar-refractivity contribution in [2.75, 3.05) is 23.8 Å². The van der Waals surface area contributed by atoms with Crippen LogP contribution in [0.15, 0.2) is 5.16 Å². The van der Waals surface area contributed by atoms with Gasteiger partial charge in [0.2, 0.25) is 5.91 Å². The van der Waals surface area contributed by atoms with Gasteiger partial charge in [0.15, 0.2) is 5.84 Å². The average molecular weight is 277 g/mol. The van der Waals surface area contributed by atoms with Gasteiger partial charge in [-0.15, -0.1) is 0 Å². The predicted molar refractivity (Wildman–Crippen MR) is 73.8 cm³/mol. The van der Waals surface area contributed by atoms with Gasteiger partial charge in [0.05, 0.1) is 5.92 Å². The highest BCUT2D eigenvalue weighted by atomic mass is 32.2. The summed E-state index contributed by atoms with van der Waals surface area (Å²) in [6, 6.07) is 0. The van der Waals surface area contributed by atoms with Gasteiger partial charge < -0.3 is 16.3 Å². The second kappa shape index (κ2) is 7.71. The zero-order valence-corrected chi connectivity index (χ0v) is 11.5. The molecule has 0 spiro atoms. The lowest BCUT2D eigenvalue weighted by atomic mass is 10.0. The van der Waals surface area contributed by atoms with Crippen molar-refractivity contribution >= 4 is 35.3 Å². The highest BCUT2D eigenvalue weighted by Gasteiger charge is 2.22. The zero-order chi connectivity index (χ0) is 12.7. The van der Waals surface area contributed by atoms with E-state index < -0.39 is 5.92 Å². The number of amidine groups is 1. The molecule has 0 aromatic rings. The van der Waals surface area contributed by atoms with Crippen molar-refractivity contribution in [1.29, 1.82) is 0 Å². The van der Waals surface area contributed by atoms with Gasteiger partial charge in [0.25, 0.3) is 0 Å². The summed E-state index contributed by atoms with van der Waals surface area (Å²) in [5, 5.41) is 14.8. The maximum atomic E-state index is 11.8. The van der Waals surface area contributed by atoms with Crippen LogP contribution >= 0.6 is 23.5 Å². The average Bonchev–Trinajstić information content (AvgIpc) is 2.38. The Balaban J connectivity index is 2.36. The molecule has 98 valence electrons. The van der Waals surface area contributed by atoms with Crippen LogP contribution in [-0.2, 0) is 4.79 Å². The fourth-order valence-electron chi connectivity index (χ4n) is 1.59. The largest absolute Gasteiger partial charge is 0.409 e. The minimum atomic E-state index is -0.527. The third-order valence-electron chi connectivity index (χ3n) is 2.59. The van der Waals surface area contributed by atoms with Crippen LogP contribution in [0.4, 0.5) is 0 Å². The molecule has 7 heteroatoms. The van der Waals surface area contributed by atoms with Crippen LogP contribution in [0.2, 0.25) is 0 Å². The molecule has 1 aliphatic rings. The lowest BCUT2D eigenvalue weighted by molar-refractivity contribution is -0.123. The maximum absolute atomic E-state index is 11.8. The molecular weight excluding hydrogens is 258 g/mol. The summed E-state index contributed by atoms with van der Waals surface area (Å²) in [6.45, 7) is 2.50. The van der Waals surface area contributed by atoms with Crippen molar-refractivity contribution < 1.29 is 10.0 Å². The minimum Gasteiger partial charge on any atom is -0.409 e. The van der Waals surface area contributed by atoms with E-state index in [-0.39, 0.29) is 11.7 Å². The van der Waals surface area contributed by atoms with Crippen LogP contribution in [0.25, 0.3) is 0 Å². The normalized spacial score (nSPS) is 23.1.